The van der Waals surface area contributed by atoms with Crippen molar-refractivity contribution in [1.82, 2.24) is 9.78 Å². The van der Waals surface area contributed by atoms with Crippen LogP contribution in [0.5, 0.6) is 0 Å². The molecule has 0 aliphatic rings. The van der Waals surface area contributed by atoms with Gasteiger partial charge in [-0.05, 0) is 56.7 Å². The van der Waals surface area contributed by atoms with Crippen LogP contribution in [0, 0.1) is 13.8 Å². The molecule has 0 saturated carbocycles. The molecule has 2 aromatic carbocycles. The monoisotopic (exact) mass is 433 g/mol. The molecule has 2 N–H and O–H groups in total. The lowest BCUT2D eigenvalue weighted by Gasteiger charge is -2.14. The highest BCUT2D eigenvalue weighted by atomic mass is 16.2. The second kappa shape index (κ2) is 10.1. The Hall–Kier alpha value is -3.61. The Labute approximate surface area is 189 Å². The van der Waals surface area contributed by atoms with Gasteiger partial charge in [-0.25, -0.2) is 0 Å². The molecular formula is C25H31N5O2. The van der Waals surface area contributed by atoms with Gasteiger partial charge in [0.15, 0.2) is 0 Å². The maximum absolute atomic E-state index is 13.1. The smallest absolute Gasteiger partial charge is 0.257 e. The van der Waals surface area contributed by atoms with Gasteiger partial charge in [-0.15, -0.1) is 0 Å². The Kier molecular flexibility index (Phi) is 7.30. The van der Waals surface area contributed by atoms with Crippen molar-refractivity contribution in [3.8, 4) is 0 Å². The highest BCUT2D eigenvalue weighted by molar-refractivity contribution is 6.12. The van der Waals surface area contributed by atoms with E-state index in [1.807, 2.05) is 49.7 Å². The van der Waals surface area contributed by atoms with Crippen molar-refractivity contribution in [2.45, 2.75) is 40.2 Å². The first-order valence-electron chi connectivity index (χ1n) is 10.8. The van der Waals surface area contributed by atoms with E-state index >= 15 is 0 Å². The van der Waals surface area contributed by atoms with Gasteiger partial charge in [0.2, 0.25) is 0 Å². The van der Waals surface area contributed by atoms with Crippen LogP contribution < -0.4 is 15.5 Å². The molecular weight excluding hydrogens is 402 g/mol. The van der Waals surface area contributed by atoms with Gasteiger partial charge in [0.05, 0.1) is 28.3 Å². The van der Waals surface area contributed by atoms with E-state index in [1.165, 1.54) is 0 Å². The molecule has 0 unspecified atom stereocenters. The number of unbranched alkanes of at least 4 members (excludes halogenated alkanes) is 1. The Balaban J connectivity index is 1.78. The fourth-order valence-electron chi connectivity index (χ4n) is 3.48. The van der Waals surface area contributed by atoms with Crippen LogP contribution in [0.3, 0.4) is 0 Å². The van der Waals surface area contributed by atoms with Crippen molar-refractivity contribution >= 4 is 28.9 Å². The van der Waals surface area contributed by atoms with Crippen molar-refractivity contribution < 1.29 is 9.59 Å². The average Bonchev–Trinajstić information content (AvgIpc) is 3.05. The number of aryl methyl sites for hydroxylation is 2. The van der Waals surface area contributed by atoms with Crippen LogP contribution in [0.2, 0.25) is 0 Å². The van der Waals surface area contributed by atoms with Crippen molar-refractivity contribution in [3.63, 3.8) is 0 Å². The maximum atomic E-state index is 13.1. The Morgan fingerprint density at radius 3 is 2.31 bits per heavy atom. The van der Waals surface area contributed by atoms with Gasteiger partial charge in [0.1, 0.15) is 0 Å². The van der Waals surface area contributed by atoms with Gasteiger partial charge >= 0.3 is 0 Å². The number of hydrogen-bond donors (Lipinski definition) is 2. The summed E-state index contributed by atoms with van der Waals surface area (Å²) >= 11 is 0. The van der Waals surface area contributed by atoms with E-state index in [9.17, 15) is 9.59 Å². The van der Waals surface area contributed by atoms with Gasteiger partial charge in [0.25, 0.3) is 11.8 Å². The molecule has 0 radical (unpaired) electrons. The van der Waals surface area contributed by atoms with Crippen molar-refractivity contribution in [2.24, 2.45) is 0 Å². The molecule has 2 amide bonds. The minimum Gasteiger partial charge on any atom is -0.378 e. The molecule has 168 valence electrons. The largest absolute Gasteiger partial charge is 0.378 e. The predicted molar refractivity (Wildman–Crippen MR) is 130 cm³/mol. The lowest BCUT2D eigenvalue weighted by atomic mass is 10.1. The van der Waals surface area contributed by atoms with Gasteiger partial charge in [0, 0.05) is 31.9 Å². The number of nitrogens with zero attached hydrogens (tertiary/aromatic N) is 3. The summed E-state index contributed by atoms with van der Waals surface area (Å²) in [6, 6.07) is 14.3. The molecule has 3 rings (SSSR count). The highest BCUT2D eigenvalue weighted by Gasteiger charge is 2.18. The van der Waals surface area contributed by atoms with Crippen LogP contribution in [0.4, 0.5) is 17.1 Å². The normalized spacial score (nSPS) is 10.7. The van der Waals surface area contributed by atoms with Gasteiger partial charge in [-0.3, -0.25) is 14.3 Å². The van der Waals surface area contributed by atoms with Crippen LogP contribution >= 0.6 is 0 Å². The quantitative estimate of drug-likeness (QED) is 0.531. The molecule has 0 bridgehead atoms. The van der Waals surface area contributed by atoms with E-state index < -0.39 is 0 Å². The lowest BCUT2D eigenvalue weighted by Crippen LogP contribution is -2.19. The summed E-state index contributed by atoms with van der Waals surface area (Å²) in [5.41, 5.74) is 4.79. The molecule has 32 heavy (non-hydrogen) atoms. The van der Waals surface area contributed by atoms with Crippen LogP contribution in [0.1, 0.15) is 51.9 Å². The molecule has 0 saturated heterocycles. The molecule has 1 aromatic heterocycles. The Morgan fingerprint density at radius 2 is 1.66 bits per heavy atom. The van der Waals surface area contributed by atoms with Crippen molar-refractivity contribution in [1.29, 1.82) is 0 Å². The van der Waals surface area contributed by atoms with Crippen LogP contribution in [-0.2, 0) is 6.54 Å². The number of carbonyl (C=O) groups excluding carboxylic acids is 2. The number of hydrogen-bond acceptors (Lipinski definition) is 4. The van der Waals surface area contributed by atoms with Crippen LogP contribution in [0.15, 0.2) is 48.5 Å². The fourth-order valence-corrected chi connectivity index (χ4v) is 3.48. The summed E-state index contributed by atoms with van der Waals surface area (Å²) in [7, 11) is 3.89. The van der Waals surface area contributed by atoms with E-state index in [2.05, 4.69) is 22.7 Å². The minimum absolute atomic E-state index is 0.268. The topological polar surface area (TPSA) is 79.3 Å². The summed E-state index contributed by atoms with van der Waals surface area (Å²) in [4.78, 5) is 27.8. The number of rotatable bonds is 8. The Bertz CT molecular complexity index is 1100. The molecule has 1 heterocycles. The molecule has 0 atom stereocenters. The summed E-state index contributed by atoms with van der Waals surface area (Å²) in [5, 5.41) is 10.4. The van der Waals surface area contributed by atoms with Crippen LogP contribution in [0.25, 0.3) is 0 Å². The summed E-state index contributed by atoms with van der Waals surface area (Å²) < 4.78 is 1.93. The second-order valence-corrected chi connectivity index (χ2v) is 8.02. The summed E-state index contributed by atoms with van der Waals surface area (Å²) in [6.45, 7) is 6.79. The SMILES string of the molecule is CCCCn1nc(C)c(NC(=O)c2ccccc2NC(=O)c2ccc(N(C)C)cc2)c1C. The highest BCUT2D eigenvalue weighted by Crippen LogP contribution is 2.23. The molecule has 0 fully saturated rings. The zero-order chi connectivity index (χ0) is 23.3. The number of nitrogens with one attached hydrogen (secondary N) is 2. The lowest BCUT2D eigenvalue weighted by molar-refractivity contribution is 0.102. The zero-order valence-electron chi connectivity index (χ0n) is 19.4. The molecule has 3 aromatic rings. The van der Waals surface area contributed by atoms with Crippen molar-refractivity contribution in [3.05, 3.63) is 71.0 Å². The standard InChI is InChI=1S/C25H31N5O2/c1-6-7-16-30-18(3)23(17(2)28-30)27-25(32)21-10-8-9-11-22(21)26-24(31)19-12-14-20(15-13-19)29(4)5/h8-15H,6-7,16H2,1-5H3,(H,26,31)(H,27,32). The zero-order valence-corrected chi connectivity index (χ0v) is 19.4. The molecule has 0 aliphatic heterocycles. The Morgan fingerprint density at radius 1 is 0.969 bits per heavy atom. The fraction of sp³-hybridized carbons (Fsp3) is 0.320. The molecule has 0 aliphatic carbocycles. The van der Waals surface area contributed by atoms with E-state index in [0.29, 0.717) is 22.5 Å². The second-order valence-electron chi connectivity index (χ2n) is 8.02. The van der Waals surface area contributed by atoms with E-state index in [4.69, 9.17) is 0 Å². The number of amides is 2. The van der Waals surface area contributed by atoms with Crippen LogP contribution in [-0.4, -0.2) is 35.7 Å². The number of aromatic nitrogens is 2. The predicted octanol–water partition coefficient (Wildman–Crippen LogP) is 4.87. The van der Waals surface area contributed by atoms with E-state index in [1.54, 1.807) is 36.4 Å². The first-order valence-corrected chi connectivity index (χ1v) is 10.8. The first kappa shape index (κ1) is 23.1. The van der Waals surface area contributed by atoms with E-state index in [0.717, 1.165) is 36.5 Å². The number of anilines is 3. The van der Waals surface area contributed by atoms with Gasteiger partial charge in [-0.2, -0.15) is 5.10 Å². The van der Waals surface area contributed by atoms with E-state index in [-0.39, 0.29) is 11.8 Å². The molecule has 0 spiro atoms. The number of benzene rings is 2. The van der Waals surface area contributed by atoms with Gasteiger partial charge < -0.3 is 15.5 Å². The maximum Gasteiger partial charge on any atom is 0.257 e. The summed E-state index contributed by atoms with van der Waals surface area (Å²) in [6.07, 6.45) is 2.10. The summed E-state index contributed by atoms with van der Waals surface area (Å²) in [5.74, 6) is -0.555. The minimum atomic E-state index is -0.287. The molecule has 7 nitrogen and oxygen atoms in total. The average molecular weight is 434 g/mol. The molecule has 7 heteroatoms. The third kappa shape index (κ3) is 5.17. The number of carbonyl (C=O) groups is 2. The van der Waals surface area contributed by atoms with Gasteiger partial charge in [-0.1, -0.05) is 25.5 Å². The third-order valence-electron chi connectivity index (χ3n) is 5.41. The third-order valence-corrected chi connectivity index (χ3v) is 5.41. The van der Waals surface area contributed by atoms with Crippen molar-refractivity contribution in [2.75, 3.05) is 29.6 Å². The number of para-hydroxylation sites is 1. The first-order chi connectivity index (χ1) is 15.3.